The summed E-state index contributed by atoms with van der Waals surface area (Å²) in [5, 5.41) is 4.91. The standard InChI is InChI=1S/C23H20ClF4N3O3/c1-31-10-4-5-14(23(26,27)28)11-21(31)34-19-9-8-15(12-17(19)24)29-13-20(32)30-22(33)16-6-2-3-7-18(16)25/h2-3,5-9,11-12,29H,4,10,13H2,1H3,(H,30,32,33). The number of benzene rings is 2. The van der Waals surface area contributed by atoms with Crippen LogP contribution in [-0.2, 0) is 4.79 Å². The zero-order valence-electron chi connectivity index (χ0n) is 17.9. The van der Waals surface area contributed by atoms with Crippen molar-refractivity contribution in [1.29, 1.82) is 0 Å². The molecule has 34 heavy (non-hydrogen) atoms. The fourth-order valence-corrected chi connectivity index (χ4v) is 3.22. The third-order valence-corrected chi connectivity index (χ3v) is 5.08. The minimum Gasteiger partial charge on any atom is -0.440 e. The average Bonchev–Trinajstić information content (AvgIpc) is 2.95. The van der Waals surface area contributed by atoms with Gasteiger partial charge in [-0.15, -0.1) is 0 Å². The van der Waals surface area contributed by atoms with Crippen molar-refractivity contribution in [2.75, 3.05) is 25.5 Å². The molecule has 0 fully saturated rings. The van der Waals surface area contributed by atoms with Crippen LogP contribution >= 0.6 is 11.6 Å². The van der Waals surface area contributed by atoms with Crippen LogP contribution in [-0.4, -0.2) is 43.0 Å². The number of rotatable bonds is 6. The van der Waals surface area contributed by atoms with Gasteiger partial charge in [-0.1, -0.05) is 29.8 Å². The molecule has 0 saturated carbocycles. The quantitative estimate of drug-likeness (QED) is 0.556. The second-order valence-corrected chi connectivity index (χ2v) is 7.72. The molecule has 6 nitrogen and oxygen atoms in total. The molecule has 0 unspecified atom stereocenters. The van der Waals surface area contributed by atoms with Gasteiger partial charge in [-0.25, -0.2) is 4.39 Å². The second kappa shape index (κ2) is 10.6. The number of anilines is 1. The van der Waals surface area contributed by atoms with Gasteiger partial charge >= 0.3 is 6.18 Å². The first-order chi connectivity index (χ1) is 16.0. The first-order valence-corrected chi connectivity index (χ1v) is 10.4. The number of nitrogens with zero attached hydrogens (tertiary/aromatic N) is 1. The van der Waals surface area contributed by atoms with Crippen molar-refractivity contribution in [2.24, 2.45) is 0 Å². The van der Waals surface area contributed by atoms with Crippen LogP contribution in [0.15, 0.2) is 66.1 Å². The Morgan fingerprint density at radius 3 is 2.59 bits per heavy atom. The van der Waals surface area contributed by atoms with Crippen molar-refractivity contribution in [3.05, 3.63) is 82.5 Å². The van der Waals surface area contributed by atoms with Gasteiger partial charge < -0.3 is 15.0 Å². The summed E-state index contributed by atoms with van der Waals surface area (Å²) in [4.78, 5) is 25.5. The molecule has 2 N–H and O–H groups in total. The zero-order valence-corrected chi connectivity index (χ0v) is 18.6. The molecule has 0 saturated heterocycles. The number of alkyl halides is 3. The minimum absolute atomic E-state index is 0.0188. The van der Waals surface area contributed by atoms with E-state index in [0.717, 1.165) is 18.2 Å². The first-order valence-electron chi connectivity index (χ1n) is 10.0. The van der Waals surface area contributed by atoms with E-state index in [1.54, 1.807) is 7.05 Å². The Hall–Kier alpha value is -3.53. The Labute approximate surface area is 197 Å². The molecule has 11 heteroatoms. The van der Waals surface area contributed by atoms with Crippen LogP contribution in [0.4, 0.5) is 23.2 Å². The number of nitrogens with one attached hydrogen (secondary N) is 2. The number of halogens is 5. The summed E-state index contributed by atoms with van der Waals surface area (Å²) in [7, 11) is 1.60. The first kappa shape index (κ1) is 25.1. The molecule has 3 rings (SSSR count). The van der Waals surface area contributed by atoms with Crippen LogP contribution < -0.4 is 15.4 Å². The van der Waals surface area contributed by atoms with Crippen LogP contribution in [0.3, 0.4) is 0 Å². The van der Waals surface area contributed by atoms with Crippen molar-refractivity contribution >= 4 is 29.1 Å². The van der Waals surface area contributed by atoms with E-state index < -0.39 is 29.4 Å². The lowest BCUT2D eigenvalue weighted by Gasteiger charge is -2.21. The fraction of sp³-hybridized carbons (Fsp3) is 0.217. The summed E-state index contributed by atoms with van der Waals surface area (Å²) in [6, 6.07) is 9.60. The molecule has 1 aliphatic rings. The van der Waals surface area contributed by atoms with Crippen molar-refractivity contribution in [3.63, 3.8) is 0 Å². The Kier molecular flexibility index (Phi) is 7.83. The second-order valence-electron chi connectivity index (χ2n) is 7.31. The maximum absolute atomic E-state index is 13.6. The molecule has 1 heterocycles. The van der Waals surface area contributed by atoms with Gasteiger partial charge in [0.1, 0.15) is 11.6 Å². The van der Waals surface area contributed by atoms with E-state index in [1.165, 1.54) is 41.3 Å². The van der Waals surface area contributed by atoms with Crippen LogP contribution in [0, 0.1) is 5.82 Å². The van der Waals surface area contributed by atoms with E-state index in [1.807, 2.05) is 0 Å². The van der Waals surface area contributed by atoms with E-state index in [0.29, 0.717) is 12.2 Å². The van der Waals surface area contributed by atoms with E-state index in [4.69, 9.17) is 16.3 Å². The maximum atomic E-state index is 13.6. The number of carbonyl (C=O) groups is 2. The third-order valence-electron chi connectivity index (χ3n) is 4.78. The van der Waals surface area contributed by atoms with Gasteiger partial charge in [0.05, 0.1) is 22.7 Å². The SMILES string of the molecule is CN1CCC=C(C(F)(F)F)C=C1Oc1ccc(NCC(=O)NC(=O)c2ccccc2F)cc1Cl. The summed E-state index contributed by atoms with van der Waals surface area (Å²) in [5.74, 6) is -2.24. The van der Waals surface area contributed by atoms with Gasteiger partial charge in [0.2, 0.25) is 5.91 Å². The topological polar surface area (TPSA) is 70.7 Å². The van der Waals surface area contributed by atoms with E-state index in [-0.39, 0.29) is 35.2 Å². The lowest BCUT2D eigenvalue weighted by atomic mass is 10.2. The molecule has 2 amide bonds. The summed E-state index contributed by atoms with van der Waals surface area (Å²) < 4.78 is 58.7. The molecule has 1 aliphatic heterocycles. The van der Waals surface area contributed by atoms with Crippen LogP contribution in [0.1, 0.15) is 16.8 Å². The predicted molar refractivity (Wildman–Crippen MR) is 119 cm³/mol. The molecule has 2 aromatic carbocycles. The Morgan fingerprint density at radius 2 is 1.91 bits per heavy atom. The third kappa shape index (κ3) is 6.50. The smallest absolute Gasteiger partial charge is 0.416 e. The van der Waals surface area contributed by atoms with E-state index in [9.17, 15) is 27.2 Å². The van der Waals surface area contributed by atoms with Crippen LogP contribution in [0.5, 0.6) is 5.75 Å². The number of ether oxygens (including phenoxy) is 1. The molecular weight excluding hydrogens is 478 g/mol. The molecule has 180 valence electrons. The van der Waals surface area contributed by atoms with Gasteiger partial charge in [-0.2, -0.15) is 13.2 Å². The highest BCUT2D eigenvalue weighted by Gasteiger charge is 2.33. The Bertz CT molecular complexity index is 1150. The van der Waals surface area contributed by atoms with Gasteiger partial charge in [0.25, 0.3) is 5.91 Å². The highest BCUT2D eigenvalue weighted by molar-refractivity contribution is 6.32. The van der Waals surface area contributed by atoms with Crippen molar-refractivity contribution < 1.29 is 31.9 Å². The van der Waals surface area contributed by atoms with Gasteiger partial charge in [0.15, 0.2) is 5.88 Å². The number of hydrogen-bond donors (Lipinski definition) is 2. The molecule has 0 spiro atoms. The maximum Gasteiger partial charge on any atom is 0.416 e. The summed E-state index contributed by atoms with van der Waals surface area (Å²) in [5.41, 5.74) is -0.677. The normalized spacial score (nSPS) is 14.0. The summed E-state index contributed by atoms with van der Waals surface area (Å²) in [6.07, 6.45) is -2.30. The molecule has 0 radical (unpaired) electrons. The molecule has 0 atom stereocenters. The minimum atomic E-state index is -4.51. The van der Waals surface area contributed by atoms with Crippen molar-refractivity contribution in [1.82, 2.24) is 10.2 Å². The highest BCUT2D eigenvalue weighted by atomic mass is 35.5. The lowest BCUT2D eigenvalue weighted by Crippen LogP contribution is -2.35. The number of carbonyl (C=O) groups excluding carboxylic acids is 2. The van der Waals surface area contributed by atoms with Crippen molar-refractivity contribution in [2.45, 2.75) is 12.6 Å². The van der Waals surface area contributed by atoms with Gasteiger partial charge in [0, 0.05) is 25.4 Å². The Balaban J connectivity index is 1.62. The van der Waals surface area contributed by atoms with Gasteiger partial charge in [-0.3, -0.25) is 14.9 Å². The molecule has 0 aromatic heterocycles. The van der Waals surface area contributed by atoms with Crippen molar-refractivity contribution in [3.8, 4) is 5.75 Å². The van der Waals surface area contributed by atoms with Crippen LogP contribution in [0.25, 0.3) is 0 Å². The summed E-state index contributed by atoms with van der Waals surface area (Å²) in [6.45, 7) is 0.00768. The average molecular weight is 498 g/mol. The molecule has 2 aromatic rings. The largest absolute Gasteiger partial charge is 0.440 e. The summed E-state index contributed by atoms with van der Waals surface area (Å²) >= 11 is 6.22. The predicted octanol–water partition coefficient (Wildman–Crippen LogP) is 4.89. The van der Waals surface area contributed by atoms with E-state index in [2.05, 4.69) is 10.6 Å². The number of imide groups is 1. The Morgan fingerprint density at radius 1 is 1.18 bits per heavy atom. The number of amides is 2. The lowest BCUT2D eigenvalue weighted by molar-refractivity contribution is -0.118. The van der Waals surface area contributed by atoms with Crippen LogP contribution in [0.2, 0.25) is 5.02 Å². The zero-order chi connectivity index (χ0) is 24.9. The molecule has 0 bridgehead atoms. The van der Waals surface area contributed by atoms with E-state index >= 15 is 0 Å². The monoisotopic (exact) mass is 497 g/mol. The number of allylic oxidation sites excluding steroid dienone is 2. The van der Waals surface area contributed by atoms with Gasteiger partial charge in [-0.05, 0) is 36.8 Å². The molecular formula is C23H20ClF4N3O3. The highest BCUT2D eigenvalue weighted by Crippen LogP contribution is 2.33. The fourth-order valence-electron chi connectivity index (χ4n) is 3.00. The number of hydrogen-bond acceptors (Lipinski definition) is 5. The molecule has 0 aliphatic carbocycles.